The van der Waals surface area contributed by atoms with Crippen LogP contribution >= 0.6 is 0 Å². The highest BCUT2D eigenvalue weighted by Gasteiger charge is 2.29. The highest BCUT2D eigenvalue weighted by molar-refractivity contribution is 5.83. The average Bonchev–Trinajstić information content (AvgIpc) is 3.01. The number of hydrogen-bond acceptors (Lipinski definition) is 2. The summed E-state index contributed by atoms with van der Waals surface area (Å²) < 4.78 is 0. The first-order valence-electron chi connectivity index (χ1n) is 7.79. The largest absolute Gasteiger partial charge is 0.339 e. The lowest BCUT2D eigenvalue weighted by Gasteiger charge is -2.31. The molecule has 0 saturated heterocycles. The van der Waals surface area contributed by atoms with E-state index in [1.807, 2.05) is 37.3 Å². The molecule has 1 aromatic rings. The van der Waals surface area contributed by atoms with Gasteiger partial charge in [-0.3, -0.25) is 4.79 Å². The van der Waals surface area contributed by atoms with Crippen LogP contribution in [0.1, 0.15) is 50.5 Å². The third-order valence-electron chi connectivity index (χ3n) is 4.32. The van der Waals surface area contributed by atoms with Crippen LogP contribution < -0.4 is 5.73 Å². The molecule has 1 amide bonds. The Labute approximate surface area is 122 Å². The number of hydrogen-bond donors (Lipinski definition) is 1. The van der Waals surface area contributed by atoms with Gasteiger partial charge in [0.15, 0.2) is 0 Å². The Morgan fingerprint density at radius 1 is 1.30 bits per heavy atom. The van der Waals surface area contributed by atoms with Crippen molar-refractivity contribution in [2.45, 2.75) is 51.0 Å². The van der Waals surface area contributed by atoms with Crippen LogP contribution in [0.4, 0.5) is 0 Å². The summed E-state index contributed by atoms with van der Waals surface area (Å²) >= 11 is 0. The molecule has 2 N–H and O–H groups in total. The smallest absolute Gasteiger partial charge is 0.230 e. The van der Waals surface area contributed by atoms with Crippen molar-refractivity contribution >= 4 is 5.91 Å². The minimum Gasteiger partial charge on any atom is -0.339 e. The standard InChI is InChI=1S/C17H26N2O/c1-14(15-8-3-2-4-9-15)17(20)19(13-7-12-18)16-10-5-6-11-16/h2-4,8-9,14,16H,5-7,10-13,18H2,1H3. The van der Waals surface area contributed by atoms with Gasteiger partial charge in [-0.25, -0.2) is 0 Å². The fourth-order valence-corrected chi connectivity index (χ4v) is 3.08. The van der Waals surface area contributed by atoms with Crippen molar-refractivity contribution in [3.63, 3.8) is 0 Å². The minimum atomic E-state index is -0.0606. The van der Waals surface area contributed by atoms with Crippen LogP contribution in [-0.2, 0) is 4.79 Å². The van der Waals surface area contributed by atoms with Gasteiger partial charge < -0.3 is 10.6 Å². The van der Waals surface area contributed by atoms with Crippen LogP contribution in [0.3, 0.4) is 0 Å². The third-order valence-corrected chi connectivity index (χ3v) is 4.32. The fourth-order valence-electron chi connectivity index (χ4n) is 3.08. The molecular formula is C17H26N2O. The lowest BCUT2D eigenvalue weighted by molar-refractivity contribution is -0.134. The summed E-state index contributed by atoms with van der Waals surface area (Å²) in [6.07, 6.45) is 5.69. The van der Waals surface area contributed by atoms with Gasteiger partial charge in [0.2, 0.25) is 5.91 Å². The number of rotatable bonds is 6. The Morgan fingerprint density at radius 2 is 1.95 bits per heavy atom. The van der Waals surface area contributed by atoms with Gasteiger partial charge in [0.25, 0.3) is 0 Å². The highest BCUT2D eigenvalue weighted by atomic mass is 16.2. The summed E-state index contributed by atoms with van der Waals surface area (Å²) in [5, 5.41) is 0. The zero-order valence-electron chi connectivity index (χ0n) is 12.4. The lowest BCUT2D eigenvalue weighted by Crippen LogP contribution is -2.42. The Morgan fingerprint density at radius 3 is 2.55 bits per heavy atom. The Hall–Kier alpha value is -1.35. The number of nitrogens with two attached hydrogens (primary N) is 1. The van der Waals surface area contributed by atoms with E-state index in [0.29, 0.717) is 12.6 Å². The van der Waals surface area contributed by atoms with Gasteiger partial charge >= 0.3 is 0 Å². The molecule has 3 heteroatoms. The topological polar surface area (TPSA) is 46.3 Å². The van der Waals surface area contributed by atoms with Crippen LogP contribution in [-0.4, -0.2) is 29.9 Å². The van der Waals surface area contributed by atoms with Crippen molar-refractivity contribution in [1.82, 2.24) is 4.90 Å². The molecular weight excluding hydrogens is 248 g/mol. The molecule has 20 heavy (non-hydrogen) atoms. The van der Waals surface area contributed by atoms with E-state index in [-0.39, 0.29) is 11.8 Å². The maximum absolute atomic E-state index is 12.8. The van der Waals surface area contributed by atoms with Crippen molar-refractivity contribution in [2.75, 3.05) is 13.1 Å². The second-order valence-electron chi connectivity index (χ2n) is 5.74. The second-order valence-corrected chi connectivity index (χ2v) is 5.74. The van der Waals surface area contributed by atoms with Gasteiger partial charge in [0.05, 0.1) is 5.92 Å². The predicted molar refractivity (Wildman–Crippen MR) is 82.5 cm³/mol. The van der Waals surface area contributed by atoms with E-state index in [0.717, 1.165) is 31.4 Å². The predicted octanol–water partition coefficient (Wildman–Crippen LogP) is 2.91. The molecule has 0 radical (unpaired) electrons. The number of carbonyl (C=O) groups is 1. The number of amides is 1. The van der Waals surface area contributed by atoms with E-state index in [4.69, 9.17) is 5.73 Å². The van der Waals surface area contributed by atoms with Gasteiger partial charge in [0, 0.05) is 12.6 Å². The van der Waals surface area contributed by atoms with E-state index >= 15 is 0 Å². The molecule has 0 aromatic heterocycles. The maximum Gasteiger partial charge on any atom is 0.230 e. The summed E-state index contributed by atoms with van der Waals surface area (Å²) in [6, 6.07) is 10.5. The molecule has 0 spiro atoms. The van der Waals surface area contributed by atoms with Gasteiger partial charge in [-0.05, 0) is 38.3 Å². The summed E-state index contributed by atoms with van der Waals surface area (Å²) in [6.45, 7) is 3.47. The zero-order chi connectivity index (χ0) is 14.4. The van der Waals surface area contributed by atoms with E-state index < -0.39 is 0 Å². The van der Waals surface area contributed by atoms with E-state index in [1.165, 1.54) is 12.8 Å². The first kappa shape index (κ1) is 15.0. The molecule has 1 unspecified atom stereocenters. The normalized spacial score (nSPS) is 17.1. The van der Waals surface area contributed by atoms with Crippen molar-refractivity contribution < 1.29 is 4.79 Å². The van der Waals surface area contributed by atoms with Gasteiger partial charge in [0.1, 0.15) is 0 Å². The van der Waals surface area contributed by atoms with Crippen LogP contribution in [0.15, 0.2) is 30.3 Å². The van der Waals surface area contributed by atoms with Gasteiger partial charge in [-0.1, -0.05) is 43.2 Å². The van der Waals surface area contributed by atoms with Crippen LogP contribution in [0.5, 0.6) is 0 Å². The molecule has 1 fully saturated rings. The van der Waals surface area contributed by atoms with E-state index in [2.05, 4.69) is 4.90 Å². The third kappa shape index (κ3) is 3.60. The minimum absolute atomic E-state index is 0.0606. The lowest BCUT2D eigenvalue weighted by atomic mass is 9.98. The molecule has 0 bridgehead atoms. The second kappa shape index (κ2) is 7.44. The summed E-state index contributed by atoms with van der Waals surface area (Å²) in [5.41, 5.74) is 6.73. The first-order chi connectivity index (χ1) is 9.74. The first-order valence-corrected chi connectivity index (χ1v) is 7.79. The molecule has 1 aliphatic rings. The Kier molecular flexibility index (Phi) is 5.60. The fraction of sp³-hybridized carbons (Fsp3) is 0.588. The van der Waals surface area contributed by atoms with E-state index in [9.17, 15) is 4.79 Å². The average molecular weight is 274 g/mol. The quantitative estimate of drug-likeness (QED) is 0.867. The summed E-state index contributed by atoms with van der Waals surface area (Å²) in [4.78, 5) is 14.9. The molecule has 0 heterocycles. The van der Waals surface area contributed by atoms with Crippen LogP contribution in [0.2, 0.25) is 0 Å². The summed E-state index contributed by atoms with van der Waals surface area (Å²) in [7, 11) is 0. The van der Waals surface area contributed by atoms with Crippen LogP contribution in [0.25, 0.3) is 0 Å². The molecule has 1 saturated carbocycles. The molecule has 3 nitrogen and oxygen atoms in total. The number of nitrogens with zero attached hydrogens (tertiary/aromatic N) is 1. The molecule has 2 rings (SSSR count). The van der Waals surface area contributed by atoms with Crippen molar-refractivity contribution in [1.29, 1.82) is 0 Å². The molecule has 0 aliphatic heterocycles. The Balaban J connectivity index is 2.08. The van der Waals surface area contributed by atoms with E-state index in [1.54, 1.807) is 0 Å². The molecule has 1 aliphatic carbocycles. The SMILES string of the molecule is CC(C(=O)N(CCCN)C1CCCC1)c1ccccc1. The molecule has 110 valence electrons. The highest BCUT2D eigenvalue weighted by Crippen LogP contribution is 2.27. The zero-order valence-corrected chi connectivity index (χ0v) is 12.4. The monoisotopic (exact) mass is 274 g/mol. The van der Waals surface area contributed by atoms with Gasteiger partial charge in [-0.15, -0.1) is 0 Å². The molecule has 1 aromatic carbocycles. The number of benzene rings is 1. The van der Waals surface area contributed by atoms with Crippen molar-refractivity contribution in [3.05, 3.63) is 35.9 Å². The summed E-state index contributed by atoms with van der Waals surface area (Å²) in [5.74, 6) is 0.200. The molecule has 1 atom stereocenters. The van der Waals surface area contributed by atoms with Crippen LogP contribution in [0, 0.1) is 0 Å². The van der Waals surface area contributed by atoms with Crippen molar-refractivity contribution in [3.8, 4) is 0 Å². The van der Waals surface area contributed by atoms with Crippen molar-refractivity contribution in [2.24, 2.45) is 5.73 Å². The number of carbonyl (C=O) groups excluding carboxylic acids is 1. The van der Waals surface area contributed by atoms with Gasteiger partial charge in [-0.2, -0.15) is 0 Å². The Bertz CT molecular complexity index is 412. The maximum atomic E-state index is 12.8.